The molecule has 1 aliphatic heterocycles. The molecule has 1 aromatic carbocycles. The number of halogens is 2. The summed E-state index contributed by atoms with van der Waals surface area (Å²) >= 11 is 12.0. The van der Waals surface area contributed by atoms with Crippen LogP contribution in [0.25, 0.3) is 0 Å². The average Bonchev–Trinajstić information content (AvgIpc) is 2.57. The van der Waals surface area contributed by atoms with E-state index in [0.717, 1.165) is 12.1 Å². The van der Waals surface area contributed by atoms with E-state index >= 15 is 0 Å². The topological polar surface area (TPSA) is 41.5 Å². The van der Waals surface area contributed by atoms with Gasteiger partial charge in [-0.1, -0.05) is 29.3 Å². The molecule has 0 saturated carbocycles. The summed E-state index contributed by atoms with van der Waals surface area (Å²) in [5.41, 5.74) is 0.110. The number of benzene rings is 1. The largest absolute Gasteiger partial charge is 0.390 e. The maximum absolute atomic E-state index is 10.3. The monoisotopic (exact) mass is 303 g/mol. The summed E-state index contributed by atoms with van der Waals surface area (Å²) in [6, 6.07) is 5.49. The summed E-state index contributed by atoms with van der Waals surface area (Å²) in [6.07, 6.45) is -0.190. The molecule has 0 aromatic heterocycles. The van der Waals surface area contributed by atoms with Gasteiger partial charge in [-0.3, -0.25) is 0 Å². The summed E-state index contributed by atoms with van der Waals surface area (Å²) < 4.78 is 5.90. The van der Waals surface area contributed by atoms with Crippen LogP contribution in [0.1, 0.15) is 25.5 Å². The highest BCUT2D eigenvalue weighted by atomic mass is 35.5. The molecule has 0 amide bonds. The molecule has 1 fully saturated rings. The van der Waals surface area contributed by atoms with Crippen LogP contribution in [-0.4, -0.2) is 30.4 Å². The zero-order chi connectivity index (χ0) is 14.0. The van der Waals surface area contributed by atoms with Crippen LogP contribution in [0, 0.1) is 5.92 Å². The van der Waals surface area contributed by atoms with E-state index in [2.05, 4.69) is 5.32 Å². The molecule has 5 heteroatoms. The lowest BCUT2D eigenvalue weighted by atomic mass is 9.83. The Bertz CT molecular complexity index is 446. The van der Waals surface area contributed by atoms with Crippen molar-refractivity contribution in [2.75, 3.05) is 19.7 Å². The maximum atomic E-state index is 10.3. The quantitative estimate of drug-likeness (QED) is 0.882. The first kappa shape index (κ1) is 15.1. The normalized spacial score (nSPS) is 25.1. The average molecular weight is 304 g/mol. The van der Waals surface area contributed by atoms with Gasteiger partial charge in [-0.15, -0.1) is 0 Å². The summed E-state index contributed by atoms with van der Waals surface area (Å²) in [7, 11) is 0. The van der Waals surface area contributed by atoms with E-state index in [9.17, 15) is 5.11 Å². The van der Waals surface area contributed by atoms with Gasteiger partial charge in [-0.25, -0.2) is 0 Å². The minimum atomic E-state index is -0.839. The third kappa shape index (κ3) is 3.61. The van der Waals surface area contributed by atoms with Crippen molar-refractivity contribution in [2.24, 2.45) is 5.92 Å². The Labute approximate surface area is 123 Å². The molecule has 0 aliphatic carbocycles. The predicted molar refractivity (Wildman–Crippen MR) is 77.8 cm³/mol. The molecule has 2 unspecified atom stereocenters. The zero-order valence-corrected chi connectivity index (χ0v) is 12.6. The molecule has 3 nitrogen and oxygen atoms in total. The van der Waals surface area contributed by atoms with Crippen LogP contribution >= 0.6 is 23.2 Å². The number of ether oxygens (including phenoxy) is 1. The van der Waals surface area contributed by atoms with E-state index in [1.807, 2.05) is 12.1 Å². The molecule has 2 atom stereocenters. The van der Waals surface area contributed by atoms with Crippen molar-refractivity contribution >= 4 is 23.2 Å². The van der Waals surface area contributed by atoms with Crippen molar-refractivity contribution in [3.8, 4) is 0 Å². The third-order valence-electron chi connectivity index (χ3n) is 3.49. The number of hydrogen-bond acceptors (Lipinski definition) is 3. The van der Waals surface area contributed by atoms with Crippen LogP contribution in [0.5, 0.6) is 0 Å². The second kappa shape index (κ2) is 5.98. The summed E-state index contributed by atoms with van der Waals surface area (Å²) in [5, 5.41) is 14.7. The summed E-state index contributed by atoms with van der Waals surface area (Å²) in [6.45, 7) is 5.70. The van der Waals surface area contributed by atoms with Gasteiger partial charge in [-0.05, 0) is 31.5 Å². The highest BCUT2D eigenvalue weighted by Crippen LogP contribution is 2.36. The first-order chi connectivity index (χ1) is 8.89. The minimum absolute atomic E-state index is 0.0488. The van der Waals surface area contributed by atoms with Crippen molar-refractivity contribution in [1.29, 1.82) is 0 Å². The first-order valence-electron chi connectivity index (χ1n) is 6.39. The molecule has 2 rings (SSSR count). The van der Waals surface area contributed by atoms with E-state index in [-0.39, 0.29) is 12.0 Å². The molecule has 0 radical (unpaired) electrons. The number of nitrogens with one attached hydrogen (secondary N) is 1. The van der Waals surface area contributed by atoms with Crippen molar-refractivity contribution in [3.05, 3.63) is 33.8 Å². The lowest BCUT2D eigenvalue weighted by Gasteiger charge is -2.34. The van der Waals surface area contributed by atoms with Gasteiger partial charge >= 0.3 is 0 Å². The second-order valence-corrected chi connectivity index (χ2v) is 6.24. The zero-order valence-electron chi connectivity index (χ0n) is 11.1. The third-order valence-corrected chi connectivity index (χ3v) is 4.22. The van der Waals surface area contributed by atoms with Crippen molar-refractivity contribution < 1.29 is 9.84 Å². The van der Waals surface area contributed by atoms with E-state index in [0.29, 0.717) is 23.2 Å². The van der Waals surface area contributed by atoms with E-state index in [4.69, 9.17) is 27.9 Å². The number of rotatable bonds is 2. The molecule has 0 spiro atoms. The van der Waals surface area contributed by atoms with Gasteiger partial charge < -0.3 is 15.2 Å². The molecular formula is C14H19Cl2NO2. The van der Waals surface area contributed by atoms with Crippen LogP contribution in [0.15, 0.2) is 18.2 Å². The van der Waals surface area contributed by atoms with Crippen LogP contribution in [-0.2, 0) is 4.74 Å². The Balaban J connectivity index is 2.34. The molecule has 2 N–H and O–H groups in total. The Hall–Kier alpha value is -0.320. The summed E-state index contributed by atoms with van der Waals surface area (Å²) in [5.74, 6) is -0.0488. The van der Waals surface area contributed by atoms with Gasteiger partial charge in [0.25, 0.3) is 0 Å². The van der Waals surface area contributed by atoms with Crippen LogP contribution in [0.2, 0.25) is 10.0 Å². The Morgan fingerprint density at radius 1 is 1.32 bits per heavy atom. The molecule has 1 aromatic rings. The fraction of sp³-hybridized carbons (Fsp3) is 0.571. The molecule has 19 heavy (non-hydrogen) atoms. The molecule has 0 bridgehead atoms. The Morgan fingerprint density at radius 2 is 2.05 bits per heavy atom. The molecule has 1 saturated heterocycles. The van der Waals surface area contributed by atoms with Crippen molar-refractivity contribution in [2.45, 2.75) is 25.6 Å². The Morgan fingerprint density at radius 3 is 2.68 bits per heavy atom. The van der Waals surface area contributed by atoms with Crippen LogP contribution in [0.3, 0.4) is 0 Å². The highest BCUT2D eigenvalue weighted by molar-refractivity contribution is 6.42. The molecule has 106 valence electrons. The minimum Gasteiger partial charge on any atom is -0.390 e. The lowest BCUT2D eigenvalue weighted by molar-refractivity contribution is -0.0649. The van der Waals surface area contributed by atoms with Gasteiger partial charge in [0.1, 0.15) is 0 Å². The smallest absolute Gasteiger partial charge is 0.0893 e. The Kier molecular flexibility index (Phi) is 4.75. The van der Waals surface area contributed by atoms with E-state index in [1.54, 1.807) is 19.9 Å². The fourth-order valence-electron chi connectivity index (χ4n) is 2.38. The molecular weight excluding hydrogens is 285 g/mol. The summed E-state index contributed by atoms with van der Waals surface area (Å²) in [4.78, 5) is 0. The second-order valence-electron chi connectivity index (χ2n) is 5.43. The number of hydrogen-bond donors (Lipinski definition) is 2. The standard InChI is InChI=1S/C14H19Cl2NO2/c1-14(2,18)10-8-17-5-6-19-13(10)9-3-4-11(15)12(16)7-9/h3-4,7,10,13,17-18H,5-6,8H2,1-2H3. The van der Waals surface area contributed by atoms with Gasteiger partial charge in [0.2, 0.25) is 0 Å². The van der Waals surface area contributed by atoms with Gasteiger partial charge in [0, 0.05) is 19.0 Å². The first-order valence-corrected chi connectivity index (χ1v) is 7.15. The van der Waals surface area contributed by atoms with Gasteiger partial charge in [0.05, 0.1) is 28.4 Å². The van der Waals surface area contributed by atoms with E-state index in [1.165, 1.54) is 0 Å². The number of aliphatic hydroxyl groups is 1. The molecule has 1 aliphatic rings. The maximum Gasteiger partial charge on any atom is 0.0893 e. The lowest BCUT2D eigenvalue weighted by Crippen LogP contribution is -2.40. The predicted octanol–water partition coefficient (Wildman–Crippen LogP) is 3.04. The highest BCUT2D eigenvalue weighted by Gasteiger charge is 2.36. The van der Waals surface area contributed by atoms with Gasteiger partial charge in [-0.2, -0.15) is 0 Å². The van der Waals surface area contributed by atoms with Crippen molar-refractivity contribution in [1.82, 2.24) is 5.32 Å². The van der Waals surface area contributed by atoms with Crippen LogP contribution in [0.4, 0.5) is 0 Å². The SMILES string of the molecule is CC(C)(O)C1CNCCOC1c1ccc(Cl)c(Cl)c1. The van der Waals surface area contributed by atoms with Gasteiger partial charge in [0.15, 0.2) is 0 Å². The fourth-order valence-corrected chi connectivity index (χ4v) is 2.68. The molecule has 1 heterocycles. The van der Waals surface area contributed by atoms with E-state index < -0.39 is 5.60 Å². The van der Waals surface area contributed by atoms with Crippen LogP contribution < -0.4 is 5.32 Å². The van der Waals surface area contributed by atoms with Crippen molar-refractivity contribution in [3.63, 3.8) is 0 Å².